The number of aromatic nitrogens is 1. The second-order valence-electron chi connectivity index (χ2n) is 6.60. The molecule has 0 saturated carbocycles. The highest BCUT2D eigenvalue weighted by Crippen LogP contribution is 2.18. The number of nitrogens with zero attached hydrogens (tertiary/aromatic N) is 1. The van der Waals surface area contributed by atoms with Gasteiger partial charge in [0.25, 0.3) is 0 Å². The van der Waals surface area contributed by atoms with Crippen LogP contribution in [0.5, 0.6) is 0 Å². The van der Waals surface area contributed by atoms with Crippen molar-refractivity contribution >= 4 is 10.0 Å². The zero-order chi connectivity index (χ0) is 17.0. The molecule has 1 aliphatic rings. The number of benzene rings is 1. The van der Waals surface area contributed by atoms with Crippen LogP contribution in [-0.2, 0) is 16.6 Å². The largest absolute Gasteiger partial charge is 0.364 e. The molecule has 1 fully saturated rings. The SMILES string of the molecule is Cc1ccc(S(=O)(=O)NCC2CCCN(Cc3ccc[nH]3)C2)cc1. The number of hydrogen-bond donors (Lipinski definition) is 2. The van der Waals surface area contributed by atoms with E-state index in [9.17, 15) is 8.42 Å². The van der Waals surface area contributed by atoms with Gasteiger partial charge in [-0.2, -0.15) is 0 Å². The molecule has 24 heavy (non-hydrogen) atoms. The van der Waals surface area contributed by atoms with E-state index in [1.165, 1.54) is 5.69 Å². The van der Waals surface area contributed by atoms with E-state index >= 15 is 0 Å². The molecule has 1 aromatic carbocycles. The Bertz CT molecular complexity index is 739. The number of H-pyrrole nitrogens is 1. The van der Waals surface area contributed by atoms with E-state index in [1.54, 1.807) is 12.1 Å². The van der Waals surface area contributed by atoms with Gasteiger partial charge in [0.1, 0.15) is 0 Å². The smallest absolute Gasteiger partial charge is 0.240 e. The first kappa shape index (κ1) is 17.2. The summed E-state index contributed by atoms with van der Waals surface area (Å²) in [7, 11) is -3.42. The van der Waals surface area contributed by atoms with Crippen LogP contribution in [0.2, 0.25) is 0 Å². The zero-order valence-corrected chi connectivity index (χ0v) is 14.8. The number of rotatable bonds is 6. The lowest BCUT2D eigenvalue weighted by molar-refractivity contribution is 0.167. The fraction of sp³-hybridized carbons (Fsp3) is 0.444. The van der Waals surface area contributed by atoms with Crippen LogP contribution in [0.3, 0.4) is 0 Å². The summed E-state index contributed by atoms with van der Waals surface area (Å²) in [6, 6.07) is 11.1. The van der Waals surface area contributed by atoms with Crippen molar-refractivity contribution in [3.63, 3.8) is 0 Å². The van der Waals surface area contributed by atoms with E-state index in [2.05, 4.69) is 20.7 Å². The summed E-state index contributed by atoms with van der Waals surface area (Å²) >= 11 is 0. The van der Waals surface area contributed by atoms with Gasteiger partial charge >= 0.3 is 0 Å². The Morgan fingerprint density at radius 1 is 1.25 bits per heavy atom. The molecule has 2 N–H and O–H groups in total. The minimum absolute atomic E-state index is 0.340. The van der Waals surface area contributed by atoms with Gasteiger partial charge in [0.05, 0.1) is 4.90 Å². The summed E-state index contributed by atoms with van der Waals surface area (Å²) < 4.78 is 27.6. The summed E-state index contributed by atoms with van der Waals surface area (Å²) in [4.78, 5) is 5.96. The molecular weight excluding hydrogens is 322 g/mol. The van der Waals surface area contributed by atoms with Crippen LogP contribution in [0, 0.1) is 12.8 Å². The van der Waals surface area contributed by atoms with Crippen molar-refractivity contribution in [2.24, 2.45) is 5.92 Å². The first-order valence-electron chi connectivity index (χ1n) is 8.44. The molecule has 5 nitrogen and oxygen atoms in total. The molecule has 1 aromatic heterocycles. The van der Waals surface area contributed by atoms with E-state index < -0.39 is 10.0 Å². The summed E-state index contributed by atoms with van der Waals surface area (Å²) in [6.45, 7) is 5.34. The Morgan fingerprint density at radius 3 is 2.75 bits per heavy atom. The van der Waals surface area contributed by atoms with Crippen LogP contribution >= 0.6 is 0 Å². The van der Waals surface area contributed by atoms with Gasteiger partial charge in [0.15, 0.2) is 0 Å². The number of nitrogens with one attached hydrogen (secondary N) is 2. The number of aromatic amines is 1. The van der Waals surface area contributed by atoms with Gasteiger partial charge in [-0.1, -0.05) is 17.7 Å². The maximum Gasteiger partial charge on any atom is 0.240 e. The van der Waals surface area contributed by atoms with Crippen molar-refractivity contribution in [1.29, 1.82) is 0 Å². The molecule has 1 saturated heterocycles. The van der Waals surface area contributed by atoms with Gasteiger partial charge in [-0.25, -0.2) is 13.1 Å². The van der Waals surface area contributed by atoms with Gasteiger partial charge in [-0.3, -0.25) is 4.90 Å². The normalized spacial score (nSPS) is 19.5. The lowest BCUT2D eigenvalue weighted by atomic mass is 9.98. The summed E-state index contributed by atoms with van der Waals surface area (Å²) in [5, 5.41) is 0. The second-order valence-corrected chi connectivity index (χ2v) is 8.37. The first-order valence-corrected chi connectivity index (χ1v) is 9.92. The third-order valence-corrected chi connectivity index (χ3v) is 5.99. The Kier molecular flexibility index (Phi) is 5.38. The lowest BCUT2D eigenvalue weighted by Gasteiger charge is -2.32. The topological polar surface area (TPSA) is 65.2 Å². The monoisotopic (exact) mass is 347 g/mol. The fourth-order valence-electron chi connectivity index (χ4n) is 3.20. The number of sulfonamides is 1. The molecule has 130 valence electrons. The van der Waals surface area contributed by atoms with Crippen molar-refractivity contribution < 1.29 is 8.42 Å². The molecule has 1 atom stereocenters. The van der Waals surface area contributed by atoms with Crippen LogP contribution in [0.15, 0.2) is 47.5 Å². The average Bonchev–Trinajstić information content (AvgIpc) is 3.07. The predicted octanol–water partition coefficient (Wildman–Crippen LogP) is 2.51. The predicted molar refractivity (Wildman–Crippen MR) is 95.2 cm³/mol. The molecule has 0 aliphatic carbocycles. The van der Waals surface area contributed by atoms with E-state index in [-0.39, 0.29) is 0 Å². The number of hydrogen-bond acceptors (Lipinski definition) is 3. The van der Waals surface area contributed by atoms with Crippen LogP contribution in [0.1, 0.15) is 24.1 Å². The standard InChI is InChI=1S/C18H25N3O2S/c1-15-6-8-18(9-7-15)24(22,23)20-12-16-4-3-11-21(13-16)14-17-5-2-10-19-17/h2,5-10,16,19-20H,3-4,11-14H2,1H3. The number of piperidine rings is 1. The maximum atomic E-state index is 12.4. The Morgan fingerprint density at radius 2 is 2.04 bits per heavy atom. The lowest BCUT2D eigenvalue weighted by Crippen LogP contribution is -2.40. The third kappa shape index (κ3) is 4.47. The molecule has 0 bridgehead atoms. The molecular formula is C18H25N3O2S. The second kappa shape index (κ2) is 7.51. The first-order chi connectivity index (χ1) is 11.5. The highest BCUT2D eigenvalue weighted by molar-refractivity contribution is 7.89. The van der Waals surface area contributed by atoms with Crippen molar-refractivity contribution in [1.82, 2.24) is 14.6 Å². The third-order valence-electron chi connectivity index (χ3n) is 4.55. The summed E-state index contributed by atoms with van der Waals surface area (Å²) in [5.74, 6) is 0.355. The Balaban J connectivity index is 1.54. The van der Waals surface area contributed by atoms with Crippen molar-refractivity contribution in [3.05, 3.63) is 53.9 Å². The van der Waals surface area contributed by atoms with Crippen LogP contribution in [0.25, 0.3) is 0 Å². The van der Waals surface area contributed by atoms with Crippen LogP contribution in [-0.4, -0.2) is 37.9 Å². The quantitative estimate of drug-likeness (QED) is 0.844. The summed E-state index contributed by atoms with van der Waals surface area (Å²) in [6.07, 6.45) is 4.11. The van der Waals surface area contributed by atoms with Crippen molar-refractivity contribution in [3.8, 4) is 0 Å². The molecule has 1 aliphatic heterocycles. The van der Waals surface area contributed by atoms with Gasteiger partial charge in [0.2, 0.25) is 10.0 Å². The minimum atomic E-state index is -3.42. The molecule has 6 heteroatoms. The highest BCUT2D eigenvalue weighted by Gasteiger charge is 2.22. The van der Waals surface area contributed by atoms with E-state index in [1.807, 2.05) is 31.3 Å². The Labute approximate surface area is 144 Å². The molecule has 3 rings (SSSR count). The van der Waals surface area contributed by atoms with E-state index in [0.717, 1.165) is 38.0 Å². The van der Waals surface area contributed by atoms with Crippen LogP contribution < -0.4 is 4.72 Å². The van der Waals surface area contributed by atoms with Gasteiger partial charge in [-0.15, -0.1) is 0 Å². The molecule has 2 aromatic rings. The molecule has 1 unspecified atom stereocenters. The van der Waals surface area contributed by atoms with Crippen molar-refractivity contribution in [2.75, 3.05) is 19.6 Å². The molecule has 0 spiro atoms. The highest BCUT2D eigenvalue weighted by atomic mass is 32.2. The average molecular weight is 347 g/mol. The number of aryl methyl sites for hydroxylation is 1. The van der Waals surface area contributed by atoms with Gasteiger partial charge < -0.3 is 4.98 Å². The molecule has 0 amide bonds. The van der Waals surface area contributed by atoms with Gasteiger partial charge in [-0.05, 0) is 56.5 Å². The maximum absolute atomic E-state index is 12.4. The van der Waals surface area contributed by atoms with E-state index in [0.29, 0.717) is 17.4 Å². The van der Waals surface area contributed by atoms with Crippen molar-refractivity contribution in [2.45, 2.75) is 31.2 Å². The summed E-state index contributed by atoms with van der Waals surface area (Å²) in [5.41, 5.74) is 2.26. The minimum Gasteiger partial charge on any atom is -0.364 e. The van der Waals surface area contributed by atoms with Crippen LogP contribution in [0.4, 0.5) is 0 Å². The van der Waals surface area contributed by atoms with E-state index in [4.69, 9.17) is 0 Å². The fourth-order valence-corrected chi connectivity index (χ4v) is 4.31. The number of likely N-dealkylation sites (tertiary alicyclic amines) is 1. The molecule has 0 radical (unpaired) electrons. The zero-order valence-electron chi connectivity index (χ0n) is 14.0. The molecule has 2 heterocycles. The Hall–Kier alpha value is -1.63. The van der Waals surface area contributed by atoms with Gasteiger partial charge in [0, 0.05) is 31.5 Å².